The van der Waals surface area contributed by atoms with Crippen molar-refractivity contribution >= 4 is 54.5 Å². The van der Waals surface area contributed by atoms with E-state index in [1.165, 1.54) is 11.3 Å². The molecule has 6 nitrogen and oxygen atoms in total. The molecule has 0 atom stereocenters. The predicted octanol–water partition coefficient (Wildman–Crippen LogP) is 4.88. The number of anilines is 1. The minimum absolute atomic E-state index is 0.187. The van der Waals surface area contributed by atoms with Crippen molar-refractivity contribution in [2.24, 2.45) is 0 Å². The van der Waals surface area contributed by atoms with E-state index in [1.807, 2.05) is 0 Å². The van der Waals surface area contributed by atoms with Gasteiger partial charge >= 0.3 is 5.97 Å². The number of methoxy groups -OCH3 is 1. The van der Waals surface area contributed by atoms with Crippen LogP contribution in [0, 0.1) is 0 Å². The Balaban J connectivity index is 1.80. The van der Waals surface area contributed by atoms with Gasteiger partial charge in [-0.2, -0.15) is 0 Å². The number of carbonyl (C=O) groups is 2. The van der Waals surface area contributed by atoms with Crippen LogP contribution >= 0.6 is 27.3 Å². The van der Waals surface area contributed by atoms with Gasteiger partial charge in [-0.15, -0.1) is 0 Å². The summed E-state index contributed by atoms with van der Waals surface area (Å²) in [5.74, 6) is -0.0156. The monoisotopic (exact) mass is 448 g/mol. The molecule has 0 aliphatic rings. The van der Waals surface area contributed by atoms with Gasteiger partial charge in [0.2, 0.25) is 0 Å². The molecular formula is C19H17BrN2O4S. The van der Waals surface area contributed by atoms with E-state index >= 15 is 0 Å². The van der Waals surface area contributed by atoms with Crippen molar-refractivity contribution in [1.29, 1.82) is 0 Å². The number of hydrogen-bond donors (Lipinski definition) is 1. The second kappa shape index (κ2) is 8.06. The number of halogens is 1. The Morgan fingerprint density at radius 1 is 1.15 bits per heavy atom. The molecule has 140 valence electrons. The van der Waals surface area contributed by atoms with Crippen molar-refractivity contribution in [3.63, 3.8) is 0 Å². The number of thiazole rings is 1. The Morgan fingerprint density at radius 2 is 1.89 bits per heavy atom. The summed E-state index contributed by atoms with van der Waals surface area (Å²) in [6, 6.07) is 10.2. The van der Waals surface area contributed by atoms with Crippen molar-refractivity contribution < 1.29 is 19.1 Å². The van der Waals surface area contributed by atoms with Crippen molar-refractivity contribution in [3.8, 4) is 5.75 Å². The highest BCUT2D eigenvalue weighted by atomic mass is 79.9. The van der Waals surface area contributed by atoms with Crippen molar-refractivity contribution in [2.45, 2.75) is 20.0 Å². The van der Waals surface area contributed by atoms with Crippen LogP contribution in [0.4, 0.5) is 5.13 Å². The highest BCUT2D eigenvalue weighted by Gasteiger charge is 2.14. The average molecular weight is 449 g/mol. The Hall–Kier alpha value is -2.45. The first-order valence-electron chi connectivity index (χ1n) is 8.14. The molecule has 0 spiro atoms. The maximum Gasteiger partial charge on any atom is 0.338 e. The van der Waals surface area contributed by atoms with E-state index in [2.05, 4.69) is 26.2 Å². The standard InChI is InChI=1S/C19H17BrN2O4S/c1-10(2)26-18(24)12-4-6-14-16(9-12)27-19(21-14)22-17(23)11-5-7-15(25-3)13(20)8-11/h4-10H,1-3H3,(H,21,22,23). The number of ether oxygens (including phenoxy) is 2. The molecule has 0 unspecified atom stereocenters. The van der Waals surface area contributed by atoms with Crippen molar-refractivity contribution in [3.05, 3.63) is 52.0 Å². The highest BCUT2D eigenvalue weighted by molar-refractivity contribution is 9.10. The van der Waals surface area contributed by atoms with Gasteiger partial charge in [-0.25, -0.2) is 9.78 Å². The zero-order valence-corrected chi connectivity index (χ0v) is 17.3. The number of nitrogens with zero attached hydrogens (tertiary/aromatic N) is 1. The molecule has 3 rings (SSSR count). The summed E-state index contributed by atoms with van der Waals surface area (Å²) in [5, 5.41) is 3.24. The summed E-state index contributed by atoms with van der Waals surface area (Å²) in [5.41, 5.74) is 1.63. The maximum absolute atomic E-state index is 12.5. The molecule has 2 aromatic carbocycles. The number of nitrogens with one attached hydrogen (secondary N) is 1. The molecule has 0 aliphatic heterocycles. The third-order valence-corrected chi connectivity index (χ3v) is 5.15. The minimum atomic E-state index is -0.381. The van der Waals surface area contributed by atoms with Crippen LogP contribution in [0.5, 0.6) is 5.75 Å². The molecule has 0 saturated carbocycles. The number of amides is 1. The molecule has 1 amide bonds. The Kier molecular flexibility index (Phi) is 5.76. The topological polar surface area (TPSA) is 77.5 Å². The van der Waals surface area contributed by atoms with Crippen LogP contribution in [0.1, 0.15) is 34.6 Å². The second-order valence-electron chi connectivity index (χ2n) is 5.96. The first kappa shape index (κ1) is 19.3. The lowest BCUT2D eigenvalue weighted by molar-refractivity contribution is 0.0378. The average Bonchev–Trinajstić information content (AvgIpc) is 3.02. The van der Waals surface area contributed by atoms with Gasteiger partial charge in [-0.1, -0.05) is 11.3 Å². The summed E-state index contributed by atoms with van der Waals surface area (Å²) in [6.45, 7) is 3.60. The lowest BCUT2D eigenvalue weighted by Gasteiger charge is -2.07. The summed E-state index contributed by atoms with van der Waals surface area (Å²) in [4.78, 5) is 28.9. The van der Waals surface area contributed by atoms with E-state index in [1.54, 1.807) is 57.4 Å². The number of aromatic nitrogens is 1. The highest BCUT2D eigenvalue weighted by Crippen LogP contribution is 2.29. The summed E-state index contributed by atoms with van der Waals surface area (Å²) in [7, 11) is 1.56. The van der Waals surface area contributed by atoms with Gasteiger partial charge in [-0.05, 0) is 66.2 Å². The Labute approximate surface area is 168 Å². The number of hydrogen-bond acceptors (Lipinski definition) is 6. The zero-order chi connectivity index (χ0) is 19.6. The van der Waals surface area contributed by atoms with E-state index in [0.29, 0.717) is 32.0 Å². The summed E-state index contributed by atoms with van der Waals surface area (Å²) >= 11 is 4.66. The SMILES string of the molecule is COc1ccc(C(=O)Nc2nc3ccc(C(=O)OC(C)C)cc3s2)cc1Br. The molecule has 3 aromatic rings. The third-order valence-electron chi connectivity index (χ3n) is 3.60. The van der Waals surface area contributed by atoms with Gasteiger partial charge in [0.25, 0.3) is 5.91 Å². The van der Waals surface area contributed by atoms with E-state index < -0.39 is 0 Å². The number of esters is 1. The first-order chi connectivity index (χ1) is 12.9. The molecular weight excluding hydrogens is 432 g/mol. The van der Waals surface area contributed by atoms with Gasteiger partial charge in [0, 0.05) is 5.56 Å². The van der Waals surface area contributed by atoms with Crippen LogP contribution < -0.4 is 10.1 Å². The van der Waals surface area contributed by atoms with Crippen LogP contribution in [0.25, 0.3) is 10.2 Å². The van der Waals surface area contributed by atoms with Gasteiger partial charge in [0.15, 0.2) is 5.13 Å². The minimum Gasteiger partial charge on any atom is -0.496 e. The fourth-order valence-electron chi connectivity index (χ4n) is 2.36. The summed E-state index contributed by atoms with van der Waals surface area (Å²) in [6.07, 6.45) is -0.187. The summed E-state index contributed by atoms with van der Waals surface area (Å²) < 4.78 is 11.9. The lowest BCUT2D eigenvalue weighted by atomic mass is 10.2. The van der Waals surface area contributed by atoms with Crippen molar-refractivity contribution in [2.75, 3.05) is 12.4 Å². The van der Waals surface area contributed by atoms with Gasteiger partial charge < -0.3 is 9.47 Å². The molecule has 27 heavy (non-hydrogen) atoms. The van der Waals surface area contributed by atoms with Crippen molar-refractivity contribution in [1.82, 2.24) is 4.98 Å². The van der Waals surface area contributed by atoms with E-state index in [-0.39, 0.29) is 18.0 Å². The molecule has 0 saturated heterocycles. The molecule has 0 fully saturated rings. The molecule has 0 aliphatic carbocycles. The van der Waals surface area contributed by atoms with Gasteiger partial charge in [-0.3, -0.25) is 10.1 Å². The third kappa shape index (κ3) is 4.45. The molecule has 0 radical (unpaired) electrons. The first-order valence-corrected chi connectivity index (χ1v) is 9.75. The molecule has 8 heteroatoms. The Morgan fingerprint density at radius 3 is 2.56 bits per heavy atom. The van der Waals surface area contributed by atoms with Crippen LogP contribution in [-0.2, 0) is 4.74 Å². The van der Waals surface area contributed by atoms with E-state index in [9.17, 15) is 9.59 Å². The molecule has 1 N–H and O–H groups in total. The zero-order valence-electron chi connectivity index (χ0n) is 14.9. The van der Waals surface area contributed by atoms with Crippen LogP contribution in [0.3, 0.4) is 0 Å². The molecule has 1 aromatic heterocycles. The van der Waals surface area contributed by atoms with Gasteiger partial charge in [0.05, 0.1) is 33.5 Å². The second-order valence-corrected chi connectivity index (χ2v) is 7.84. The largest absolute Gasteiger partial charge is 0.496 e. The maximum atomic E-state index is 12.5. The molecule has 1 heterocycles. The number of benzene rings is 2. The van der Waals surface area contributed by atoms with Gasteiger partial charge in [0.1, 0.15) is 5.75 Å². The predicted molar refractivity (Wildman–Crippen MR) is 109 cm³/mol. The smallest absolute Gasteiger partial charge is 0.338 e. The quantitative estimate of drug-likeness (QED) is 0.562. The Bertz CT molecular complexity index is 1020. The fourth-order valence-corrected chi connectivity index (χ4v) is 3.80. The lowest BCUT2D eigenvalue weighted by Crippen LogP contribution is -2.11. The van der Waals surface area contributed by atoms with Crippen LogP contribution in [0.2, 0.25) is 0 Å². The van der Waals surface area contributed by atoms with E-state index in [4.69, 9.17) is 9.47 Å². The molecule has 0 bridgehead atoms. The van der Waals surface area contributed by atoms with Crippen LogP contribution in [0.15, 0.2) is 40.9 Å². The van der Waals surface area contributed by atoms with Crippen LogP contribution in [-0.4, -0.2) is 30.1 Å². The number of fused-ring (bicyclic) bond motifs is 1. The number of rotatable bonds is 5. The normalized spacial score (nSPS) is 10.9. The number of carbonyl (C=O) groups excluding carboxylic acids is 2. The fraction of sp³-hybridized carbons (Fsp3) is 0.211. The van der Waals surface area contributed by atoms with E-state index in [0.717, 1.165) is 4.70 Å².